The molecule has 0 atom stereocenters. The van der Waals surface area contributed by atoms with Crippen LogP contribution in [0.4, 0.5) is 5.69 Å². The van der Waals surface area contributed by atoms with Crippen molar-refractivity contribution in [3.63, 3.8) is 0 Å². The molecule has 2 N–H and O–H groups in total. The molecule has 6 nitrogen and oxygen atoms in total. The van der Waals surface area contributed by atoms with E-state index in [0.29, 0.717) is 11.4 Å². The topological polar surface area (TPSA) is 84.5 Å². The molecule has 1 aliphatic rings. The lowest BCUT2D eigenvalue weighted by molar-refractivity contribution is -0.118. The molecule has 0 radical (unpaired) electrons. The third-order valence-corrected chi connectivity index (χ3v) is 5.20. The van der Waals surface area contributed by atoms with Gasteiger partial charge in [-0.15, -0.1) is 0 Å². The minimum atomic E-state index is -3.58. The third kappa shape index (κ3) is 3.58. The van der Waals surface area contributed by atoms with Crippen LogP contribution in [0.3, 0.4) is 0 Å². The Balaban J connectivity index is 1.72. The van der Waals surface area contributed by atoms with Crippen LogP contribution in [-0.2, 0) is 27.8 Å². The zero-order chi connectivity index (χ0) is 17.2. The van der Waals surface area contributed by atoms with E-state index in [1.54, 1.807) is 42.5 Å². The van der Waals surface area contributed by atoms with Gasteiger partial charge in [0.05, 0.1) is 10.6 Å². The number of sulfonamides is 1. The number of carbonyl (C=O) groups excluding carboxylic acids is 1. The Morgan fingerprint density at radius 3 is 2.54 bits per heavy atom. The minimum Gasteiger partial charge on any atom is -0.482 e. The maximum absolute atomic E-state index is 12.3. The van der Waals surface area contributed by atoms with Gasteiger partial charge in [-0.2, -0.15) is 0 Å². The van der Waals surface area contributed by atoms with E-state index in [-0.39, 0.29) is 24.0 Å². The molecule has 0 saturated heterocycles. The monoisotopic (exact) mass is 346 g/mol. The van der Waals surface area contributed by atoms with Gasteiger partial charge in [0, 0.05) is 6.54 Å². The number of amides is 1. The molecule has 0 saturated carbocycles. The van der Waals surface area contributed by atoms with Crippen molar-refractivity contribution in [3.05, 3.63) is 53.6 Å². The molecule has 0 aromatic heterocycles. The highest BCUT2D eigenvalue weighted by Crippen LogP contribution is 2.28. The average molecular weight is 346 g/mol. The van der Waals surface area contributed by atoms with Crippen LogP contribution in [0.1, 0.15) is 18.1 Å². The summed E-state index contributed by atoms with van der Waals surface area (Å²) >= 11 is 0. The molecule has 0 aliphatic carbocycles. The Morgan fingerprint density at radius 2 is 1.83 bits per heavy atom. The van der Waals surface area contributed by atoms with Crippen LogP contribution in [0.2, 0.25) is 0 Å². The van der Waals surface area contributed by atoms with Crippen molar-refractivity contribution < 1.29 is 17.9 Å². The summed E-state index contributed by atoms with van der Waals surface area (Å²) in [5.74, 6) is 0.354. The summed E-state index contributed by atoms with van der Waals surface area (Å²) < 4.78 is 32.5. The van der Waals surface area contributed by atoms with E-state index >= 15 is 0 Å². The van der Waals surface area contributed by atoms with Crippen molar-refractivity contribution in [3.8, 4) is 5.75 Å². The van der Waals surface area contributed by atoms with E-state index in [1.165, 1.54) is 0 Å². The maximum Gasteiger partial charge on any atom is 0.262 e. The Morgan fingerprint density at radius 1 is 1.12 bits per heavy atom. The lowest BCUT2D eigenvalue weighted by Gasteiger charge is -2.18. The zero-order valence-electron chi connectivity index (χ0n) is 13.2. The number of aryl methyl sites for hydroxylation is 1. The smallest absolute Gasteiger partial charge is 0.262 e. The van der Waals surface area contributed by atoms with E-state index in [2.05, 4.69) is 10.0 Å². The van der Waals surface area contributed by atoms with Crippen molar-refractivity contribution in [2.45, 2.75) is 24.8 Å². The molecule has 2 aromatic rings. The molecular formula is C17H18N2O4S. The second-order valence-corrected chi connectivity index (χ2v) is 7.26. The van der Waals surface area contributed by atoms with Crippen molar-refractivity contribution >= 4 is 21.6 Å². The number of hydrogen-bond acceptors (Lipinski definition) is 4. The Bertz CT molecular complexity index is 861. The fourth-order valence-electron chi connectivity index (χ4n) is 2.41. The number of rotatable bonds is 5. The van der Waals surface area contributed by atoms with Crippen LogP contribution in [0.25, 0.3) is 0 Å². The maximum atomic E-state index is 12.3. The number of fused-ring (bicyclic) bond motifs is 1. The largest absolute Gasteiger partial charge is 0.482 e. The number of carbonyl (C=O) groups is 1. The fraction of sp³-hybridized carbons (Fsp3) is 0.235. The van der Waals surface area contributed by atoms with Crippen LogP contribution in [0, 0.1) is 0 Å². The van der Waals surface area contributed by atoms with Gasteiger partial charge < -0.3 is 10.1 Å². The summed E-state index contributed by atoms with van der Waals surface area (Å²) in [5, 5.41) is 2.70. The highest BCUT2D eigenvalue weighted by molar-refractivity contribution is 7.89. The Hall–Kier alpha value is -2.38. The molecule has 0 fully saturated rings. The van der Waals surface area contributed by atoms with Crippen LogP contribution < -0.4 is 14.8 Å². The summed E-state index contributed by atoms with van der Waals surface area (Å²) in [4.78, 5) is 11.6. The van der Waals surface area contributed by atoms with E-state index in [4.69, 9.17) is 4.74 Å². The third-order valence-electron chi connectivity index (χ3n) is 3.79. The average Bonchev–Trinajstić information content (AvgIpc) is 2.59. The lowest BCUT2D eigenvalue weighted by Crippen LogP contribution is -2.26. The van der Waals surface area contributed by atoms with Crippen LogP contribution in [-0.4, -0.2) is 20.9 Å². The van der Waals surface area contributed by atoms with Crippen LogP contribution in [0.15, 0.2) is 47.4 Å². The van der Waals surface area contributed by atoms with Gasteiger partial charge in [0.15, 0.2) is 6.61 Å². The van der Waals surface area contributed by atoms with Gasteiger partial charge in [-0.1, -0.05) is 25.1 Å². The molecule has 126 valence electrons. The summed E-state index contributed by atoms with van der Waals surface area (Å²) in [7, 11) is -3.58. The van der Waals surface area contributed by atoms with Gasteiger partial charge >= 0.3 is 0 Å². The number of ether oxygens (including phenoxy) is 1. The first-order valence-electron chi connectivity index (χ1n) is 7.62. The number of nitrogens with one attached hydrogen (secondary N) is 2. The van der Waals surface area contributed by atoms with Crippen LogP contribution >= 0.6 is 0 Å². The first kappa shape index (κ1) is 16.5. The molecule has 0 unspecified atom stereocenters. The van der Waals surface area contributed by atoms with E-state index < -0.39 is 10.0 Å². The summed E-state index contributed by atoms with van der Waals surface area (Å²) in [6, 6.07) is 12.0. The molecule has 1 aliphatic heterocycles. The van der Waals surface area contributed by atoms with Crippen molar-refractivity contribution in [2.24, 2.45) is 0 Å². The second kappa shape index (κ2) is 6.62. The minimum absolute atomic E-state index is 0.00721. The fourth-order valence-corrected chi connectivity index (χ4v) is 3.42. The number of hydrogen-bond donors (Lipinski definition) is 2. The molecular weight excluding hydrogens is 328 g/mol. The molecule has 7 heteroatoms. The SMILES string of the molecule is CCc1ccc(S(=O)(=O)NCc2ccc3c(c2)NC(=O)CO3)cc1. The van der Waals surface area contributed by atoms with Gasteiger partial charge in [0.25, 0.3) is 5.91 Å². The van der Waals surface area contributed by atoms with Crippen molar-refractivity contribution in [1.29, 1.82) is 0 Å². The normalized spacial score (nSPS) is 13.8. The van der Waals surface area contributed by atoms with Gasteiger partial charge in [0.2, 0.25) is 10.0 Å². The predicted octanol–water partition coefficient (Wildman–Crippen LogP) is 2.06. The molecule has 1 amide bonds. The first-order chi connectivity index (χ1) is 11.5. The van der Waals surface area contributed by atoms with E-state index in [0.717, 1.165) is 17.5 Å². The molecule has 24 heavy (non-hydrogen) atoms. The van der Waals surface area contributed by atoms with Gasteiger partial charge in [-0.05, 0) is 41.8 Å². The second-order valence-electron chi connectivity index (χ2n) is 5.49. The summed E-state index contributed by atoms with van der Waals surface area (Å²) in [6.07, 6.45) is 0.858. The Kier molecular flexibility index (Phi) is 4.55. The molecule has 2 aromatic carbocycles. The van der Waals surface area contributed by atoms with E-state index in [1.807, 2.05) is 6.92 Å². The summed E-state index contributed by atoms with van der Waals surface area (Å²) in [6.45, 7) is 2.13. The highest BCUT2D eigenvalue weighted by Gasteiger charge is 2.17. The van der Waals surface area contributed by atoms with Gasteiger partial charge in [0.1, 0.15) is 5.75 Å². The Labute approximate surface area is 140 Å². The quantitative estimate of drug-likeness (QED) is 0.868. The summed E-state index contributed by atoms with van der Waals surface area (Å²) in [5.41, 5.74) is 2.36. The van der Waals surface area contributed by atoms with Crippen molar-refractivity contribution in [1.82, 2.24) is 4.72 Å². The van der Waals surface area contributed by atoms with Crippen LogP contribution in [0.5, 0.6) is 5.75 Å². The molecule has 3 rings (SSSR count). The first-order valence-corrected chi connectivity index (χ1v) is 9.10. The van der Waals surface area contributed by atoms with Crippen molar-refractivity contribution in [2.75, 3.05) is 11.9 Å². The highest BCUT2D eigenvalue weighted by atomic mass is 32.2. The number of benzene rings is 2. The van der Waals surface area contributed by atoms with E-state index in [9.17, 15) is 13.2 Å². The standard InChI is InChI=1S/C17H18N2O4S/c1-2-12-3-6-14(7-4-12)24(21,22)18-10-13-5-8-16-15(9-13)19-17(20)11-23-16/h3-9,18H,2,10-11H2,1H3,(H,19,20). The van der Waals surface area contributed by atoms with Gasteiger partial charge in [-0.3, -0.25) is 4.79 Å². The number of anilines is 1. The van der Waals surface area contributed by atoms with Gasteiger partial charge in [-0.25, -0.2) is 13.1 Å². The predicted molar refractivity (Wildman–Crippen MR) is 90.4 cm³/mol. The molecule has 1 heterocycles. The lowest BCUT2D eigenvalue weighted by atomic mass is 10.1. The zero-order valence-corrected chi connectivity index (χ0v) is 14.0. The molecule has 0 spiro atoms. The molecule has 0 bridgehead atoms.